The molecule has 0 amide bonds. The lowest BCUT2D eigenvalue weighted by Gasteiger charge is -2.39. The van der Waals surface area contributed by atoms with Crippen LogP contribution in [0.15, 0.2) is 79.0 Å². The van der Waals surface area contributed by atoms with Gasteiger partial charge >= 0.3 is 0 Å². The van der Waals surface area contributed by atoms with E-state index in [0.29, 0.717) is 36.2 Å². The van der Waals surface area contributed by atoms with Crippen molar-refractivity contribution in [3.8, 4) is 28.3 Å². The number of aromatic nitrogens is 4. The standard InChI is InChI=1S/C31H33N7O2S/c32-28-25(6-2-15-34-28)29-36-27-12-11-26(21-4-1-5-24(20-21)37-16-18-41(39,40)19-17-37)35-30(27)38(29)23-9-7-22(8-10-23)31(33)13-3-14-31/h1-2,4-12,15,20,39-40H,3,13-14,16-19,33H2,(H2,32,34)/p+1. The normalized spacial score (nSPS) is 18.7. The molecule has 1 aliphatic carbocycles. The molecule has 0 spiro atoms. The van der Waals surface area contributed by atoms with E-state index in [4.69, 9.17) is 26.0 Å². The monoisotopic (exact) mass is 568 g/mol. The Kier molecular flexibility index (Phi) is 6.24. The SMILES string of the molecule is Nc1ncccc1-c1nc2ccc(-c3cccc(N4CCS(O)([OH2+])CC4)c3)nc2n1-c1ccc(C2(N)CCC2)cc1. The van der Waals surface area contributed by atoms with Crippen molar-refractivity contribution in [1.29, 1.82) is 0 Å². The molecule has 4 heterocycles. The van der Waals surface area contributed by atoms with Crippen molar-refractivity contribution in [2.45, 2.75) is 24.8 Å². The van der Waals surface area contributed by atoms with Crippen LogP contribution in [0.5, 0.6) is 0 Å². The fourth-order valence-corrected chi connectivity index (χ4v) is 7.04. The molecule has 7 rings (SSSR count). The first-order chi connectivity index (χ1) is 19.8. The van der Waals surface area contributed by atoms with Crippen molar-refractivity contribution in [3.05, 3.63) is 84.6 Å². The van der Waals surface area contributed by atoms with Crippen LogP contribution in [0.4, 0.5) is 11.5 Å². The Bertz CT molecular complexity index is 1740. The van der Waals surface area contributed by atoms with Crippen LogP contribution in [0.2, 0.25) is 0 Å². The molecule has 2 fully saturated rings. The summed E-state index contributed by atoms with van der Waals surface area (Å²) >= 11 is 0. The van der Waals surface area contributed by atoms with Crippen molar-refractivity contribution in [1.82, 2.24) is 19.5 Å². The lowest BCUT2D eigenvalue weighted by molar-refractivity contribution is 0.253. The molecule has 1 aliphatic heterocycles. The first-order valence-corrected chi connectivity index (χ1v) is 15.8. The Morgan fingerprint density at radius 3 is 2.39 bits per heavy atom. The first-order valence-electron chi connectivity index (χ1n) is 13.9. The van der Waals surface area contributed by atoms with Gasteiger partial charge in [-0.1, -0.05) is 24.3 Å². The lowest BCUT2D eigenvalue weighted by Crippen LogP contribution is -2.43. The van der Waals surface area contributed by atoms with Gasteiger partial charge in [-0.3, -0.25) is 9.12 Å². The molecule has 0 unspecified atom stereocenters. The van der Waals surface area contributed by atoms with E-state index in [1.807, 2.05) is 34.9 Å². The maximum Gasteiger partial charge on any atom is 0.165 e. The molecule has 210 valence electrons. The zero-order valence-electron chi connectivity index (χ0n) is 22.7. The number of hydrogen-bond acceptors (Lipinski definition) is 7. The summed E-state index contributed by atoms with van der Waals surface area (Å²) in [6, 6.07) is 24.5. The number of nitrogens with two attached hydrogens (primary N) is 2. The predicted molar refractivity (Wildman–Crippen MR) is 167 cm³/mol. The van der Waals surface area contributed by atoms with Gasteiger partial charge in [0.2, 0.25) is 0 Å². The second-order valence-corrected chi connectivity index (χ2v) is 13.6. The summed E-state index contributed by atoms with van der Waals surface area (Å²) < 4.78 is 20.2. The average molecular weight is 569 g/mol. The average Bonchev–Trinajstić information content (AvgIpc) is 3.35. The van der Waals surface area contributed by atoms with E-state index in [-0.39, 0.29) is 5.54 Å². The van der Waals surface area contributed by atoms with Gasteiger partial charge in [0.05, 0.1) is 22.8 Å². The molecule has 41 heavy (non-hydrogen) atoms. The first kappa shape index (κ1) is 26.0. The minimum absolute atomic E-state index is 0.239. The van der Waals surface area contributed by atoms with E-state index in [2.05, 4.69) is 52.3 Å². The Morgan fingerprint density at radius 2 is 1.68 bits per heavy atom. The number of hydrogen-bond donors (Lipinski definition) is 3. The minimum atomic E-state index is -2.21. The number of imidazole rings is 1. The maximum absolute atomic E-state index is 10.2. The number of benzene rings is 2. The summed E-state index contributed by atoms with van der Waals surface area (Å²) in [6.07, 6.45) is 4.85. The second kappa shape index (κ2) is 9.85. The Balaban J connectivity index is 1.33. The molecular formula is C31H34N7O2S+. The van der Waals surface area contributed by atoms with Gasteiger partial charge in [0.25, 0.3) is 0 Å². The molecule has 9 nitrogen and oxygen atoms in total. The van der Waals surface area contributed by atoms with Crippen LogP contribution in [-0.4, -0.2) is 53.2 Å². The summed E-state index contributed by atoms with van der Waals surface area (Å²) in [5.41, 5.74) is 19.9. The highest BCUT2D eigenvalue weighted by molar-refractivity contribution is 8.24. The topological polar surface area (TPSA) is 142 Å². The van der Waals surface area contributed by atoms with Crippen LogP contribution < -0.4 is 16.4 Å². The lowest BCUT2D eigenvalue weighted by atomic mass is 9.73. The highest BCUT2D eigenvalue weighted by Gasteiger charge is 2.34. The quantitative estimate of drug-likeness (QED) is 0.258. The third-order valence-electron chi connectivity index (χ3n) is 8.43. The second-order valence-electron chi connectivity index (χ2n) is 11.1. The van der Waals surface area contributed by atoms with E-state index in [1.165, 1.54) is 0 Å². The van der Waals surface area contributed by atoms with Gasteiger partial charge in [-0.15, -0.1) is 10.6 Å². The molecule has 5 aromatic rings. The van der Waals surface area contributed by atoms with Gasteiger partial charge in [-0.2, -0.15) is 0 Å². The predicted octanol–water partition coefficient (Wildman–Crippen LogP) is 4.81. The highest BCUT2D eigenvalue weighted by atomic mass is 32.3. The number of nitrogens with zero attached hydrogens (tertiary/aromatic N) is 5. The van der Waals surface area contributed by atoms with Crippen LogP contribution in [-0.2, 0) is 5.54 Å². The van der Waals surface area contributed by atoms with Crippen molar-refractivity contribution < 1.29 is 9.11 Å². The van der Waals surface area contributed by atoms with E-state index in [1.54, 1.807) is 6.20 Å². The third-order valence-corrected chi connectivity index (χ3v) is 10.2. The van der Waals surface area contributed by atoms with E-state index in [0.717, 1.165) is 64.2 Å². The van der Waals surface area contributed by atoms with Crippen LogP contribution >= 0.6 is 10.6 Å². The zero-order valence-corrected chi connectivity index (χ0v) is 23.5. The zero-order chi connectivity index (χ0) is 28.2. The summed E-state index contributed by atoms with van der Waals surface area (Å²) in [4.78, 5) is 16.6. The van der Waals surface area contributed by atoms with Crippen LogP contribution in [0, 0.1) is 0 Å². The Hall–Kier alpha value is -3.96. The van der Waals surface area contributed by atoms with E-state index in [9.17, 15) is 4.55 Å². The minimum Gasteiger partial charge on any atom is -0.383 e. The molecule has 0 atom stereocenters. The van der Waals surface area contributed by atoms with Gasteiger partial charge in [0.15, 0.2) is 11.5 Å². The molecular weight excluding hydrogens is 534 g/mol. The van der Waals surface area contributed by atoms with Crippen molar-refractivity contribution >= 4 is 33.3 Å². The largest absolute Gasteiger partial charge is 0.383 e. The molecule has 3 aromatic heterocycles. The summed E-state index contributed by atoms with van der Waals surface area (Å²) in [6.45, 7) is 1.35. The number of anilines is 2. The molecule has 1 saturated heterocycles. The van der Waals surface area contributed by atoms with Gasteiger partial charge < -0.3 is 20.9 Å². The summed E-state index contributed by atoms with van der Waals surface area (Å²) in [5.74, 6) is 2.10. The molecule has 10 heteroatoms. The summed E-state index contributed by atoms with van der Waals surface area (Å²) in [7, 11) is -2.21. The number of pyridine rings is 2. The van der Waals surface area contributed by atoms with Gasteiger partial charge in [0, 0.05) is 41.8 Å². The third kappa shape index (κ3) is 4.72. The summed E-state index contributed by atoms with van der Waals surface area (Å²) in [5, 5.41) is 0. The van der Waals surface area contributed by atoms with Crippen molar-refractivity contribution in [3.63, 3.8) is 0 Å². The number of fused-ring (bicyclic) bond motifs is 1. The van der Waals surface area contributed by atoms with E-state index < -0.39 is 10.6 Å². The maximum atomic E-state index is 10.2. The molecule has 2 aliphatic rings. The molecule has 0 radical (unpaired) electrons. The molecule has 7 N–H and O–H groups in total. The fraction of sp³-hybridized carbons (Fsp3) is 0.258. The van der Waals surface area contributed by atoms with Crippen LogP contribution in [0.1, 0.15) is 24.8 Å². The van der Waals surface area contributed by atoms with Gasteiger partial charge in [0.1, 0.15) is 11.3 Å². The highest BCUT2D eigenvalue weighted by Crippen LogP contribution is 2.42. The number of nitrogen functional groups attached to an aromatic ring is 1. The smallest absolute Gasteiger partial charge is 0.165 e. The Labute approximate surface area is 240 Å². The Morgan fingerprint density at radius 1 is 0.902 bits per heavy atom. The number of rotatable bonds is 5. The van der Waals surface area contributed by atoms with Gasteiger partial charge in [-0.05, 0) is 73.4 Å². The molecule has 2 aromatic carbocycles. The van der Waals surface area contributed by atoms with Gasteiger partial charge in [-0.25, -0.2) is 15.0 Å². The fourth-order valence-electron chi connectivity index (χ4n) is 5.80. The van der Waals surface area contributed by atoms with Crippen LogP contribution in [0.3, 0.4) is 0 Å². The van der Waals surface area contributed by atoms with Crippen LogP contribution in [0.25, 0.3) is 39.5 Å². The van der Waals surface area contributed by atoms with Crippen molar-refractivity contribution in [2.24, 2.45) is 5.73 Å². The van der Waals surface area contributed by atoms with E-state index >= 15 is 0 Å². The van der Waals surface area contributed by atoms with Crippen molar-refractivity contribution in [2.75, 3.05) is 35.2 Å². The molecule has 0 bridgehead atoms. The molecule has 1 saturated carbocycles.